The Morgan fingerprint density at radius 3 is 2.70 bits per heavy atom. The third kappa shape index (κ3) is 3.43. The maximum atomic E-state index is 12.9. The van der Waals surface area contributed by atoms with Crippen molar-refractivity contribution in [3.8, 4) is 0 Å². The maximum absolute atomic E-state index is 12.9. The highest BCUT2D eigenvalue weighted by Gasteiger charge is 2.24. The molecule has 1 aliphatic carbocycles. The van der Waals surface area contributed by atoms with Gasteiger partial charge >= 0.3 is 5.69 Å². The minimum Gasteiger partial charge on any atom is -0.376 e. The van der Waals surface area contributed by atoms with Crippen molar-refractivity contribution in [2.24, 2.45) is 0 Å². The highest BCUT2D eigenvalue weighted by atomic mass is 32.1. The van der Waals surface area contributed by atoms with E-state index in [1.807, 2.05) is 13.8 Å². The quantitative estimate of drug-likeness (QED) is 0.699. The van der Waals surface area contributed by atoms with E-state index >= 15 is 0 Å². The molecular formula is C18H24N4O3S2. The number of thiocarbonyl (C=S) groups is 1. The lowest BCUT2D eigenvalue weighted by atomic mass is 10.2. The summed E-state index contributed by atoms with van der Waals surface area (Å²) in [5, 5.41) is 4.56. The van der Waals surface area contributed by atoms with Gasteiger partial charge < -0.3 is 15.0 Å². The van der Waals surface area contributed by atoms with Crippen LogP contribution < -0.4 is 16.6 Å². The molecule has 0 atom stereocenters. The van der Waals surface area contributed by atoms with Gasteiger partial charge in [-0.05, 0) is 44.5 Å². The first-order chi connectivity index (χ1) is 13.0. The van der Waals surface area contributed by atoms with Gasteiger partial charge in [0, 0.05) is 24.5 Å². The third-order valence-corrected chi connectivity index (χ3v) is 6.88. The van der Waals surface area contributed by atoms with E-state index in [1.54, 1.807) is 4.57 Å². The van der Waals surface area contributed by atoms with Crippen molar-refractivity contribution in [3.05, 3.63) is 31.3 Å². The summed E-state index contributed by atoms with van der Waals surface area (Å²) in [6, 6.07) is 0. The number of fused-ring (bicyclic) bond motifs is 1. The lowest BCUT2D eigenvalue weighted by Crippen LogP contribution is -2.40. The van der Waals surface area contributed by atoms with E-state index in [-0.39, 0.29) is 11.2 Å². The molecule has 0 spiro atoms. The Balaban J connectivity index is 1.77. The molecule has 7 nitrogen and oxygen atoms in total. The standard InChI is InChI=1S/C18H24N4O3S2/c1-3-21-15(23)14-11(2)13(10-20-7-6-19-17(20)26)27-16(14)22(18(21)24)8-9-25-12-4-5-12/h12H,3-10H2,1-2H3,(H,19,26). The van der Waals surface area contributed by atoms with Gasteiger partial charge in [0.1, 0.15) is 4.83 Å². The molecule has 0 radical (unpaired) electrons. The number of ether oxygens (including phenoxy) is 1. The summed E-state index contributed by atoms with van der Waals surface area (Å²) < 4.78 is 8.78. The van der Waals surface area contributed by atoms with Crippen molar-refractivity contribution in [2.45, 2.75) is 52.4 Å². The van der Waals surface area contributed by atoms with Gasteiger partial charge in [-0.1, -0.05) is 0 Å². The first-order valence-corrected chi connectivity index (χ1v) is 10.6. The van der Waals surface area contributed by atoms with Crippen LogP contribution in [0.3, 0.4) is 0 Å². The molecule has 2 aromatic rings. The minimum absolute atomic E-state index is 0.195. The van der Waals surface area contributed by atoms with Crippen LogP contribution in [0.2, 0.25) is 0 Å². The number of hydrogen-bond acceptors (Lipinski definition) is 5. The van der Waals surface area contributed by atoms with Gasteiger partial charge in [-0.2, -0.15) is 0 Å². The van der Waals surface area contributed by atoms with E-state index in [1.165, 1.54) is 15.9 Å². The summed E-state index contributed by atoms with van der Waals surface area (Å²) in [5.74, 6) is 0. The summed E-state index contributed by atoms with van der Waals surface area (Å²) in [7, 11) is 0. The Hall–Kier alpha value is -1.71. The van der Waals surface area contributed by atoms with Crippen molar-refractivity contribution >= 4 is 38.9 Å². The van der Waals surface area contributed by atoms with Crippen LogP contribution >= 0.6 is 23.6 Å². The largest absolute Gasteiger partial charge is 0.376 e. The second kappa shape index (κ2) is 7.37. The molecule has 4 rings (SSSR count). The van der Waals surface area contributed by atoms with Crippen LogP contribution in [0, 0.1) is 6.92 Å². The van der Waals surface area contributed by atoms with Gasteiger partial charge in [0.25, 0.3) is 5.56 Å². The van der Waals surface area contributed by atoms with Crippen molar-refractivity contribution in [1.29, 1.82) is 0 Å². The fourth-order valence-corrected chi connectivity index (χ4v) is 5.04. The molecule has 0 bridgehead atoms. The van der Waals surface area contributed by atoms with E-state index in [9.17, 15) is 9.59 Å². The van der Waals surface area contributed by atoms with E-state index in [0.717, 1.165) is 46.3 Å². The van der Waals surface area contributed by atoms with Gasteiger partial charge in [-0.25, -0.2) is 4.79 Å². The Morgan fingerprint density at radius 1 is 1.30 bits per heavy atom. The van der Waals surface area contributed by atoms with Crippen LogP contribution in [0.4, 0.5) is 0 Å². The number of aromatic nitrogens is 2. The number of aryl methyl sites for hydroxylation is 1. The Labute approximate surface area is 166 Å². The molecule has 0 amide bonds. The summed E-state index contributed by atoms with van der Waals surface area (Å²) in [6.45, 7) is 7.48. The average Bonchev–Trinajstić information content (AvgIpc) is 3.29. The molecule has 1 N–H and O–H groups in total. The van der Waals surface area contributed by atoms with Crippen LogP contribution in [-0.4, -0.2) is 44.9 Å². The van der Waals surface area contributed by atoms with Crippen molar-refractivity contribution < 1.29 is 4.74 Å². The smallest absolute Gasteiger partial charge is 0.332 e. The van der Waals surface area contributed by atoms with Crippen LogP contribution in [0.25, 0.3) is 10.2 Å². The van der Waals surface area contributed by atoms with Gasteiger partial charge in [0.15, 0.2) is 5.11 Å². The molecule has 2 fully saturated rings. The lowest BCUT2D eigenvalue weighted by molar-refractivity contribution is 0.112. The summed E-state index contributed by atoms with van der Waals surface area (Å²) in [5.41, 5.74) is 0.508. The maximum Gasteiger partial charge on any atom is 0.332 e. The number of nitrogens with one attached hydrogen (secondary N) is 1. The Morgan fingerprint density at radius 2 is 2.07 bits per heavy atom. The SMILES string of the molecule is CCn1c(=O)c2c(C)c(CN3CCNC3=S)sc2n(CCOC2CC2)c1=O. The zero-order valence-electron chi connectivity index (χ0n) is 15.6. The molecule has 2 aromatic heterocycles. The van der Waals surface area contributed by atoms with E-state index in [2.05, 4.69) is 10.2 Å². The zero-order valence-corrected chi connectivity index (χ0v) is 17.3. The number of nitrogens with zero attached hydrogens (tertiary/aromatic N) is 3. The van der Waals surface area contributed by atoms with E-state index < -0.39 is 0 Å². The van der Waals surface area contributed by atoms with Gasteiger partial charge in [0.2, 0.25) is 0 Å². The Bertz CT molecular complexity index is 1000. The van der Waals surface area contributed by atoms with Crippen molar-refractivity contribution in [2.75, 3.05) is 19.7 Å². The van der Waals surface area contributed by atoms with Crippen LogP contribution in [0.15, 0.2) is 9.59 Å². The first-order valence-electron chi connectivity index (χ1n) is 9.41. The molecule has 1 saturated carbocycles. The molecule has 1 saturated heterocycles. The second-order valence-corrected chi connectivity index (χ2v) is 8.51. The Kier molecular flexibility index (Phi) is 5.09. The molecule has 0 unspecified atom stereocenters. The molecule has 1 aliphatic heterocycles. The van der Waals surface area contributed by atoms with Crippen LogP contribution in [0.5, 0.6) is 0 Å². The monoisotopic (exact) mass is 408 g/mol. The molecule has 146 valence electrons. The summed E-state index contributed by atoms with van der Waals surface area (Å²) in [4.78, 5) is 29.7. The molecule has 9 heteroatoms. The van der Waals surface area contributed by atoms with Gasteiger partial charge in [0.05, 0.1) is 31.2 Å². The normalized spacial score (nSPS) is 17.1. The highest BCUT2D eigenvalue weighted by Crippen LogP contribution is 2.29. The average molecular weight is 409 g/mol. The molecule has 3 heterocycles. The van der Waals surface area contributed by atoms with Crippen LogP contribution in [-0.2, 0) is 24.4 Å². The molecular weight excluding hydrogens is 384 g/mol. The number of thiophene rings is 1. The minimum atomic E-state index is -0.249. The van der Waals surface area contributed by atoms with Crippen LogP contribution in [0.1, 0.15) is 30.2 Å². The van der Waals surface area contributed by atoms with Crippen molar-refractivity contribution in [3.63, 3.8) is 0 Å². The summed E-state index contributed by atoms with van der Waals surface area (Å²) >= 11 is 6.87. The molecule has 27 heavy (non-hydrogen) atoms. The predicted octanol–water partition coefficient (Wildman–Crippen LogP) is 1.42. The fourth-order valence-electron chi connectivity index (χ4n) is 3.45. The fraction of sp³-hybridized carbons (Fsp3) is 0.611. The summed E-state index contributed by atoms with van der Waals surface area (Å²) in [6.07, 6.45) is 2.55. The predicted molar refractivity (Wildman–Crippen MR) is 111 cm³/mol. The highest BCUT2D eigenvalue weighted by molar-refractivity contribution is 7.80. The first kappa shape index (κ1) is 18.6. The third-order valence-electron chi connectivity index (χ3n) is 5.18. The van der Waals surface area contributed by atoms with Crippen molar-refractivity contribution in [1.82, 2.24) is 19.4 Å². The molecule has 2 aliphatic rings. The van der Waals surface area contributed by atoms with E-state index in [4.69, 9.17) is 17.0 Å². The van der Waals surface area contributed by atoms with Gasteiger partial charge in [-0.3, -0.25) is 13.9 Å². The zero-order chi connectivity index (χ0) is 19.1. The second-order valence-electron chi connectivity index (χ2n) is 7.04. The lowest BCUT2D eigenvalue weighted by Gasteiger charge is -2.15. The number of hydrogen-bond donors (Lipinski definition) is 1. The topological polar surface area (TPSA) is 68.5 Å². The molecule has 0 aromatic carbocycles. The van der Waals surface area contributed by atoms with Gasteiger partial charge in [-0.15, -0.1) is 11.3 Å². The number of rotatable bonds is 7. The van der Waals surface area contributed by atoms with E-state index in [0.29, 0.717) is 37.7 Å².